The van der Waals surface area contributed by atoms with Crippen LogP contribution >= 0.6 is 11.8 Å². The Bertz CT molecular complexity index is 776. The molecule has 3 rings (SSSR count). The molecule has 0 aromatic carbocycles. The van der Waals surface area contributed by atoms with Crippen molar-refractivity contribution in [3.8, 4) is 0 Å². The van der Waals surface area contributed by atoms with Crippen LogP contribution in [0.3, 0.4) is 0 Å². The molecule has 1 aliphatic rings. The summed E-state index contributed by atoms with van der Waals surface area (Å²) < 4.78 is 0. The Hall–Kier alpha value is -1.92. The number of fused-ring (bicyclic) bond motifs is 1. The van der Waals surface area contributed by atoms with E-state index < -0.39 is 0 Å². The van der Waals surface area contributed by atoms with Crippen LogP contribution in [0.15, 0.2) is 35.5 Å². The Balaban J connectivity index is 1.65. The van der Waals surface area contributed by atoms with Crippen LogP contribution in [0.1, 0.15) is 54.1 Å². The molecule has 0 radical (unpaired) electrons. The molecule has 1 atom stereocenters. The second-order valence-corrected chi connectivity index (χ2v) is 8.31. The first-order valence-corrected chi connectivity index (χ1v) is 10.0. The molecular weight excluding hydrogens is 344 g/mol. The van der Waals surface area contributed by atoms with Crippen LogP contribution in [0, 0.1) is 5.92 Å². The quantitative estimate of drug-likeness (QED) is 0.787. The van der Waals surface area contributed by atoms with Gasteiger partial charge in [0.1, 0.15) is 0 Å². The first-order valence-electron chi connectivity index (χ1n) is 9.04. The standard InChI is InChI=1S/C20H26N4OS/c1-5-26-17-7-6-16(21-11-17)10-23-20(25)14-8-15-12-24(4)19(13(2)3)18(15)22-9-14/h6-9,11,13,19H,5,10,12H2,1-4H3,(H,23,25). The van der Waals surface area contributed by atoms with Crippen LogP contribution in [0.2, 0.25) is 0 Å². The Labute approximate surface area is 159 Å². The molecule has 0 fully saturated rings. The van der Waals surface area contributed by atoms with Gasteiger partial charge in [0.25, 0.3) is 5.91 Å². The van der Waals surface area contributed by atoms with Crippen molar-refractivity contribution in [2.75, 3.05) is 12.8 Å². The topological polar surface area (TPSA) is 58.1 Å². The lowest BCUT2D eigenvalue weighted by atomic mass is 10.00. The van der Waals surface area contributed by atoms with E-state index in [9.17, 15) is 4.79 Å². The van der Waals surface area contributed by atoms with Gasteiger partial charge in [0, 0.05) is 23.8 Å². The molecule has 138 valence electrons. The second-order valence-electron chi connectivity index (χ2n) is 6.97. The van der Waals surface area contributed by atoms with Gasteiger partial charge in [-0.3, -0.25) is 19.7 Å². The normalized spacial score (nSPS) is 16.7. The predicted octanol–water partition coefficient (Wildman–Crippen LogP) is 3.66. The highest BCUT2D eigenvalue weighted by molar-refractivity contribution is 7.99. The van der Waals surface area contributed by atoms with E-state index in [1.165, 1.54) is 0 Å². The zero-order valence-corrected chi connectivity index (χ0v) is 16.6. The first kappa shape index (κ1) is 18.9. The van der Waals surface area contributed by atoms with Crippen molar-refractivity contribution in [2.45, 2.75) is 44.8 Å². The summed E-state index contributed by atoms with van der Waals surface area (Å²) in [6.07, 6.45) is 3.55. The smallest absolute Gasteiger partial charge is 0.253 e. The average molecular weight is 371 g/mol. The number of pyridine rings is 2. The maximum Gasteiger partial charge on any atom is 0.253 e. The van der Waals surface area contributed by atoms with Gasteiger partial charge in [-0.05, 0) is 42.5 Å². The third-order valence-corrected chi connectivity index (χ3v) is 5.47. The van der Waals surface area contributed by atoms with E-state index in [1.807, 2.05) is 24.4 Å². The molecule has 1 amide bonds. The molecule has 0 saturated carbocycles. The fourth-order valence-electron chi connectivity index (χ4n) is 3.48. The predicted molar refractivity (Wildman–Crippen MR) is 105 cm³/mol. The molecule has 26 heavy (non-hydrogen) atoms. The highest BCUT2D eigenvalue weighted by atomic mass is 32.2. The molecule has 0 saturated heterocycles. The molecule has 0 aliphatic carbocycles. The van der Waals surface area contributed by atoms with Crippen molar-refractivity contribution in [3.05, 3.63) is 53.1 Å². The van der Waals surface area contributed by atoms with E-state index in [2.05, 4.69) is 48.0 Å². The SMILES string of the molecule is CCSc1ccc(CNC(=O)c2cnc3c(c2)CN(C)C3C(C)C)nc1. The van der Waals surface area contributed by atoms with Crippen molar-refractivity contribution in [3.63, 3.8) is 0 Å². The van der Waals surface area contributed by atoms with Gasteiger partial charge >= 0.3 is 0 Å². The van der Waals surface area contributed by atoms with E-state index in [0.717, 1.165) is 34.1 Å². The first-order chi connectivity index (χ1) is 12.5. The number of hydrogen-bond donors (Lipinski definition) is 1. The van der Waals surface area contributed by atoms with Crippen LogP contribution in [0.4, 0.5) is 0 Å². The molecule has 5 nitrogen and oxygen atoms in total. The number of nitrogens with one attached hydrogen (secondary N) is 1. The van der Waals surface area contributed by atoms with Crippen molar-refractivity contribution >= 4 is 17.7 Å². The van der Waals surface area contributed by atoms with Gasteiger partial charge in [-0.25, -0.2) is 0 Å². The summed E-state index contributed by atoms with van der Waals surface area (Å²) in [6.45, 7) is 7.78. The molecule has 1 aliphatic heterocycles. The Morgan fingerprint density at radius 3 is 2.81 bits per heavy atom. The number of carbonyl (C=O) groups excluding carboxylic acids is 1. The largest absolute Gasteiger partial charge is 0.346 e. The minimum Gasteiger partial charge on any atom is -0.346 e. The summed E-state index contributed by atoms with van der Waals surface area (Å²) in [6, 6.07) is 6.30. The number of aromatic nitrogens is 2. The Morgan fingerprint density at radius 1 is 1.35 bits per heavy atom. The lowest BCUT2D eigenvalue weighted by Gasteiger charge is -2.23. The van der Waals surface area contributed by atoms with Gasteiger partial charge in [0.15, 0.2) is 0 Å². The average Bonchev–Trinajstić information content (AvgIpc) is 2.96. The van der Waals surface area contributed by atoms with Crippen molar-refractivity contribution < 1.29 is 4.79 Å². The van der Waals surface area contributed by atoms with E-state index in [1.54, 1.807) is 18.0 Å². The van der Waals surface area contributed by atoms with Crippen LogP contribution in [-0.4, -0.2) is 33.6 Å². The number of amides is 1. The van der Waals surface area contributed by atoms with Gasteiger partial charge in [0.2, 0.25) is 0 Å². The molecule has 1 N–H and O–H groups in total. The van der Waals surface area contributed by atoms with E-state index in [-0.39, 0.29) is 5.91 Å². The zero-order valence-electron chi connectivity index (χ0n) is 15.8. The summed E-state index contributed by atoms with van der Waals surface area (Å²) in [5.41, 5.74) is 3.72. The second kappa shape index (κ2) is 8.18. The third kappa shape index (κ3) is 4.07. The molecule has 3 heterocycles. The van der Waals surface area contributed by atoms with Crippen molar-refractivity contribution in [2.24, 2.45) is 5.92 Å². The van der Waals surface area contributed by atoms with Crippen molar-refractivity contribution in [1.82, 2.24) is 20.2 Å². The maximum absolute atomic E-state index is 12.5. The fourth-order valence-corrected chi connectivity index (χ4v) is 4.10. The van der Waals surface area contributed by atoms with Gasteiger partial charge in [-0.15, -0.1) is 11.8 Å². The van der Waals surface area contributed by atoms with Crippen LogP contribution in [-0.2, 0) is 13.1 Å². The minimum atomic E-state index is -0.107. The summed E-state index contributed by atoms with van der Waals surface area (Å²) >= 11 is 1.76. The Morgan fingerprint density at radius 2 is 2.15 bits per heavy atom. The van der Waals surface area contributed by atoms with Gasteiger partial charge < -0.3 is 5.32 Å². The fraction of sp³-hybridized carbons (Fsp3) is 0.450. The van der Waals surface area contributed by atoms with E-state index in [0.29, 0.717) is 24.1 Å². The number of carbonyl (C=O) groups is 1. The maximum atomic E-state index is 12.5. The van der Waals surface area contributed by atoms with Gasteiger partial charge in [-0.2, -0.15) is 0 Å². The van der Waals surface area contributed by atoms with Crippen LogP contribution < -0.4 is 5.32 Å². The lowest BCUT2D eigenvalue weighted by Crippen LogP contribution is -2.24. The zero-order chi connectivity index (χ0) is 18.7. The monoisotopic (exact) mass is 370 g/mol. The molecule has 1 unspecified atom stereocenters. The Kier molecular flexibility index (Phi) is 5.94. The van der Waals surface area contributed by atoms with E-state index in [4.69, 9.17) is 0 Å². The number of nitrogens with zero attached hydrogens (tertiary/aromatic N) is 3. The highest BCUT2D eigenvalue weighted by Crippen LogP contribution is 2.36. The molecule has 0 bridgehead atoms. The van der Waals surface area contributed by atoms with E-state index >= 15 is 0 Å². The third-order valence-electron chi connectivity index (χ3n) is 4.61. The van der Waals surface area contributed by atoms with Crippen LogP contribution in [0.5, 0.6) is 0 Å². The summed E-state index contributed by atoms with van der Waals surface area (Å²) in [4.78, 5) is 24.9. The summed E-state index contributed by atoms with van der Waals surface area (Å²) in [7, 11) is 2.11. The number of thioether (sulfide) groups is 1. The minimum absolute atomic E-state index is 0.107. The van der Waals surface area contributed by atoms with Gasteiger partial charge in [-0.1, -0.05) is 20.8 Å². The molecule has 6 heteroatoms. The van der Waals surface area contributed by atoms with Gasteiger partial charge in [0.05, 0.1) is 29.5 Å². The lowest BCUT2D eigenvalue weighted by molar-refractivity contribution is 0.0950. The summed E-state index contributed by atoms with van der Waals surface area (Å²) in [5, 5.41) is 2.94. The van der Waals surface area contributed by atoms with Crippen LogP contribution in [0.25, 0.3) is 0 Å². The summed E-state index contributed by atoms with van der Waals surface area (Å²) in [5.74, 6) is 1.41. The molecule has 2 aromatic rings. The number of hydrogen-bond acceptors (Lipinski definition) is 5. The molecule has 0 spiro atoms. The van der Waals surface area contributed by atoms with Crippen molar-refractivity contribution in [1.29, 1.82) is 0 Å². The molecule has 2 aromatic heterocycles. The molecular formula is C20H26N4OS. The number of rotatable bonds is 6. The highest BCUT2D eigenvalue weighted by Gasteiger charge is 2.31.